The molecule has 2 N–H and O–H groups in total. The zero-order valence-corrected chi connectivity index (χ0v) is 13.7. The normalized spacial score (nSPS) is 10.4. The van der Waals surface area contributed by atoms with Crippen molar-refractivity contribution in [2.75, 3.05) is 19.9 Å². The highest BCUT2D eigenvalue weighted by molar-refractivity contribution is 7.15. The van der Waals surface area contributed by atoms with E-state index >= 15 is 0 Å². The third kappa shape index (κ3) is 4.52. The van der Waals surface area contributed by atoms with Gasteiger partial charge in [0.05, 0.1) is 7.11 Å². The van der Waals surface area contributed by atoms with Gasteiger partial charge in [0.1, 0.15) is 5.75 Å². The van der Waals surface area contributed by atoms with E-state index in [-0.39, 0.29) is 12.4 Å². The van der Waals surface area contributed by atoms with Crippen molar-refractivity contribution in [2.45, 2.75) is 13.1 Å². The molecule has 0 aliphatic rings. The van der Waals surface area contributed by atoms with Crippen LogP contribution in [0.15, 0.2) is 24.4 Å². The Bertz CT molecular complexity index is 562. The van der Waals surface area contributed by atoms with E-state index in [1.165, 1.54) is 11.3 Å². The molecule has 0 saturated heterocycles. The number of halogens is 2. The lowest BCUT2D eigenvalue weighted by molar-refractivity contribution is 0.312. The molecule has 4 nitrogen and oxygen atoms in total. The number of benzene rings is 1. The first kappa shape index (κ1) is 17.0. The van der Waals surface area contributed by atoms with Gasteiger partial charge in [-0.3, -0.25) is 4.90 Å². The summed E-state index contributed by atoms with van der Waals surface area (Å²) < 4.78 is 5.34. The fraction of sp³-hybridized carbons (Fsp3) is 0.308. The molecular formula is C13H17Cl2N3OS. The standard InChI is InChI=1S/C13H16ClN3OS.ClH/c1-17(8-11-6-16-13(15)19-11)7-9-5-10(14)3-4-12(9)18-2;/h3-6H,7-8H2,1-2H3,(H2,15,16);1H. The van der Waals surface area contributed by atoms with E-state index < -0.39 is 0 Å². The molecule has 1 aromatic carbocycles. The fourth-order valence-corrected chi connectivity index (χ4v) is 2.84. The number of hydrogen-bond acceptors (Lipinski definition) is 5. The maximum absolute atomic E-state index is 6.02. The number of anilines is 1. The predicted molar refractivity (Wildman–Crippen MR) is 86.9 cm³/mol. The molecule has 2 rings (SSSR count). The highest BCUT2D eigenvalue weighted by atomic mass is 35.5. The monoisotopic (exact) mass is 333 g/mol. The number of hydrogen-bond donors (Lipinski definition) is 1. The van der Waals surface area contributed by atoms with E-state index in [2.05, 4.69) is 9.88 Å². The highest BCUT2D eigenvalue weighted by Gasteiger charge is 2.09. The van der Waals surface area contributed by atoms with Crippen molar-refractivity contribution in [1.82, 2.24) is 9.88 Å². The average molecular weight is 334 g/mol. The first-order valence-corrected chi connectivity index (χ1v) is 6.99. The molecule has 20 heavy (non-hydrogen) atoms. The van der Waals surface area contributed by atoms with Gasteiger partial charge in [-0.15, -0.1) is 23.7 Å². The smallest absolute Gasteiger partial charge is 0.180 e. The maximum atomic E-state index is 6.02. The Morgan fingerprint density at radius 3 is 2.75 bits per heavy atom. The van der Waals surface area contributed by atoms with Gasteiger partial charge in [-0.05, 0) is 25.2 Å². The quantitative estimate of drug-likeness (QED) is 0.910. The van der Waals surface area contributed by atoms with Gasteiger partial charge in [0.15, 0.2) is 5.13 Å². The maximum Gasteiger partial charge on any atom is 0.180 e. The van der Waals surface area contributed by atoms with Crippen molar-refractivity contribution in [3.8, 4) is 5.75 Å². The molecule has 1 aromatic heterocycles. The fourth-order valence-electron chi connectivity index (χ4n) is 1.88. The molecule has 0 aliphatic heterocycles. The van der Waals surface area contributed by atoms with Crippen molar-refractivity contribution < 1.29 is 4.74 Å². The van der Waals surface area contributed by atoms with Gasteiger partial charge in [-0.1, -0.05) is 11.6 Å². The third-order valence-corrected chi connectivity index (χ3v) is 3.73. The van der Waals surface area contributed by atoms with Gasteiger partial charge >= 0.3 is 0 Å². The van der Waals surface area contributed by atoms with Crippen molar-refractivity contribution in [1.29, 1.82) is 0 Å². The molecule has 0 radical (unpaired) electrons. The molecule has 7 heteroatoms. The largest absolute Gasteiger partial charge is 0.496 e. The highest BCUT2D eigenvalue weighted by Crippen LogP contribution is 2.24. The minimum Gasteiger partial charge on any atom is -0.496 e. The van der Waals surface area contributed by atoms with Gasteiger partial charge in [-0.25, -0.2) is 4.98 Å². The summed E-state index contributed by atoms with van der Waals surface area (Å²) in [5.74, 6) is 0.847. The number of aromatic nitrogens is 1. The molecule has 0 amide bonds. The molecule has 1 heterocycles. The Labute approximate surface area is 133 Å². The third-order valence-electron chi connectivity index (χ3n) is 2.68. The first-order chi connectivity index (χ1) is 9.08. The number of ether oxygens (including phenoxy) is 1. The van der Waals surface area contributed by atoms with Crippen LogP contribution in [0.3, 0.4) is 0 Å². The van der Waals surface area contributed by atoms with Gasteiger partial charge in [0, 0.05) is 34.7 Å². The van der Waals surface area contributed by atoms with Crippen LogP contribution in [0.4, 0.5) is 5.13 Å². The Kier molecular flexibility index (Phi) is 6.55. The summed E-state index contributed by atoms with van der Waals surface area (Å²) in [6, 6.07) is 5.64. The van der Waals surface area contributed by atoms with E-state index in [1.807, 2.05) is 31.4 Å². The number of nitrogens with zero attached hydrogens (tertiary/aromatic N) is 2. The SMILES string of the molecule is COc1ccc(Cl)cc1CN(C)Cc1cnc(N)s1.Cl. The van der Waals surface area contributed by atoms with Crippen LogP contribution in [-0.2, 0) is 13.1 Å². The summed E-state index contributed by atoms with van der Waals surface area (Å²) in [7, 11) is 3.70. The van der Waals surface area contributed by atoms with Crippen LogP contribution >= 0.6 is 35.3 Å². The predicted octanol–water partition coefficient (Wildman–Crippen LogP) is 3.44. The number of methoxy groups -OCH3 is 1. The van der Waals surface area contributed by atoms with Crippen molar-refractivity contribution in [3.63, 3.8) is 0 Å². The topological polar surface area (TPSA) is 51.4 Å². The van der Waals surface area contributed by atoms with Crippen molar-refractivity contribution >= 4 is 40.5 Å². The summed E-state index contributed by atoms with van der Waals surface area (Å²) in [4.78, 5) is 7.36. The van der Waals surface area contributed by atoms with Gasteiger partial charge in [0.25, 0.3) is 0 Å². The molecule has 2 aromatic rings. The van der Waals surface area contributed by atoms with Crippen molar-refractivity contribution in [3.05, 3.63) is 39.9 Å². The van der Waals surface area contributed by atoms with Crippen LogP contribution in [0.5, 0.6) is 5.75 Å². The Morgan fingerprint density at radius 1 is 1.40 bits per heavy atom. The number of nitrogen functional groups attached to an aromatic ring is 1. The second kappa shape index (κ2) is 7.69. The van der Waals surface area contributed by atoms with Gasteiger partial charge < -0.3 is 10.5 Å². The first-order valence-electron chi connectivity index (χ1n) is 5.79. The lowest BCUT2D eigenvalue weighted by Crippen LogP contribution is -2.17. The number of nitrogens with two attached hydrogens (primary N) is 1. The van der Waals surface area contributed by atoms with Gasteiger partial charge in [-0.2, -0.15) is 0 Å². The Balaban J connectivity index is 0.00000200. The average Bonchev–Trinajstić information content (AvgIpc) is 2.75. The van der Waals surface area contributed by atoms with Gasteiger partial charge in [0.2, 0.25) is 0 Å². The minimum atomic E-state index is 0. The Morgan fingerprint density at radius 2 is 2.15 bits per heavy atom. The van der Waals surface area contributed by atoms with Crippen LogP contribution in [0.2, 0.25) is 5.02 Å². The molecule has 0 spiro atoms. The summed E-state index contributed by atoms with van der Waals surface area (Å²) in [5.41, 5.74) is 6.69. The van der Waals surface area contributed by atoms with E-state index in [1.54, 1.807) is 7.11 Å². The minimum absolute atomic E-state index is 0. The number of thiazole rings is 1. The summed E-state index contributed by atoms with van der Waals surface area (Å²) in [6.07, 6.45) is 1.81. The lowest BCUT2D eigenvalue weighted by atomic mass is 10.2. The van der Waals surface area contributed by atoms with E-state index in [0.29, 0.717) is 10.2 Å². The van der Waals surface area contributed by atoms with Crippen LogP contribution in [0.1, 0.15) is 10.4 Å². The van der Waals surface area contributed by atoms with Crippen LogP contribution in [-0.4, -0.2) is 24.0 Å². The second-order valence-corrected chi connectivity index (χ2v) is 5.88. The van der Waals surface area contributed by atoms with E-state index in [0.717, 1.165) is 29.3 Å². The molecule has 0 fully saturated rings. The molecule has 0 saturated carbocycles. The molecule has 0 atom stereocenters. The van der Waals surface area contributed by atoms with Crippen LogP contribution in [0.25, 0.3) is 0 Å². The van der Waals surface area contributed by atoms with E-state index in [9.17, 15) is 0 Å². The lowest BCUT2D eigenvalue weighted by Gasteiger charge is -2.17. The van der Waals surface area contributed by atoms with Crippen LogP contribution in [0, 0.1) is 0 Å². The molecular weight excluding hydrogens is 317 g/mol. The van der Waals surface area contributed by atoms with Crippen LogP contribution < -0.4 is 10.5 Å². The second-order valence-electron chi connectivity index (χ2n) is 4.29. The van der Waals surface area contributed by atoms with E-state index in [4.69, 9.17) is 22.1 Å². The summed E-state index contributed by atoms with van der Waals surface area (Å²) in [5, 5.41) is 1.31. The summed E-state index contributed by atoms with van der Waals surface area (Å²) >= 11 is 7.53. The summed E-state index contributed by atoms with van der Waals surface area (Å²) in [6.45, 7) is 1.55. The molecule has 0 unspecified atom stereocenters. The zero-order valence-electron chi connectivity index (χ0n) is 11.3. The molecule has 110 valence electrons. The Hall–Kier alpha value is -1.01. The molecule has 0 bridgehead atoms. The molecule has 0 aliphatic carbocycles. The zero-order chi connectivity index (χ0) is 13.8. The van der Waals surface area contributed by atoms with Crippen molar-refractivity contribution in [2.24, 2.45) is 0 Å². The number of rotatable bonds is 5.